The van der Waals surface area contributed by atoms with E-state index < -0.39 is 11.9 Å². The molecule has 3 rings (SSSR count). The van der Waals surface area contributed by atoms with Gasteiger partial charge in [-0.05, 0) is 48.4 Å². The van der Waals surface area contributed by atoms with Crippen molar-refractivity contribution in [3.05, 3.63) is 63.5 Å². The SMILES string of the molecule is CCOc1cc(/C=C2/NC(=O)N(C)C2=O)c(Br)cc1OCc1cccc(F)c1. The fourth-order valence-electron chi connectivity index (χ4n) is 2.61. The summed E-state index contributed by atoms with van der Waals surface area (Å²) in [5, 5.41) is 2.52. The minimum absolute atomic E-state index is 0.170. The van der Waals surface area contributed by atoms with Crippen LogP contribution in [0, 0.1) is 5.82 Å². The molecular formula is C20H18BrFN2O4. The van der Waals surface area contributed by atoms with Gasteiger partial charge in [-0.1, -0.05) is 28.1 Å². The summed E-state index contributed by atoms with van der Waals surface area (Å²) in [6.45, 7) is 2.42. The van der Waals surface area contributed by atoms with E-state index in [2.05, 4.69) is 21.2 Å². The molecule has 1 aliphatic rings. The zero-order valence-electron chi connectivity index (χ0n) is 15.3. The number of hydrogen-bond acceptors (Lipinski definition) is 4. The minimum Gasteiger partial charge on any atom is -0.490 e. The highest BCUT2D eigenvalue weighted by Crippen LogP contribution is 2.35. The molecule has 2 aromatic rings. The van der Waals surface area contributed by atoms with Crippen LogP contribution in [0.1, 0.15) is 18.1 Å². The van der Waals surface area contributed by atoms with Gasteiger partial charge in [0.05, 0.1) is 6.61 Å². The quantitative estimate of drug-likeness (QED) is 0.533. The van der Waals surface area contributed by atoms with Crippen LogP contribution in [-0.4, -0.2) is 30.5 Å². The number of ether oxygens (including phenoxy) is 2. The molecule has 1 fully saturated rings. The minimum atomic E-state index is -0.479. The van der Waals surface area contributed by atoms with Crippen LogP contribution in [-0.2, 0) is 11.4 Å². The van der Waals surface area contributed by atoms with E-state index in [9.17, 15) is 14.0 Å². The maximum Gasteiger partial charge on any atom is 0.328 e. The Hall–Kier alpha value is -2.87. The van der Waals surface area contributed by atoms with Gasteiger partial charge in [0.1, 0.15) is 18.1 Å². The fourth-order valence-corrected chi connectivity index (χ4v) is 3.05. The molecule has 1 aliphatic heterocycles. The van der Waals surface area contributed by atoms with Crippen molar-refractivity contribution in [2.75, 3.05) is 13.7 Å². The smallest absolute Gasteiger partial charge is 0.328 e. The number of nitrogens with one attached hydrogen (secondary N) is 1. The summed E-state index contributed by atoms with van der Waals surface area (Å²) in [5.41, 5.74) is 1.50. The lowest BCUT2D eigenvalue weighted by Gasteiger charge is -2.14. The van der Waals surface area contributed by atoms with Gasteiger partial charge in [-0.2, -0.15) is 0 Å². The normalized spacial score (nSPS) is 15.1. The van der Waals surface area contributed by atoms with E-state index in [1.807, 2.05) is 6.92 Å². The molecule has 1 N–H and O–H groups in total. The van der Waals surface area contributed by atoms with Gasteiger partial charge in [0.2, 0.25) is 0 Å². The van der Waals surface area contributed by atoms with Gasteiger partial charge in [0, 0.05) is 11.5 Å². The number of likely N-dealkylation sites (N-methyl/N-ethyl adjacent to an activating group) is 1. The summed E-state index contributed by atoms with van der Waals surface area (Å²) in [6, 6.07) is 9.09. The molecule has 3 amide bonds. The zero-order chi connectivity index (χ0) is 20.3. The van der Waals surface area contributed by atoms with Crippen molar-refractivity contribution in [1.29, 1.82) is 0 Å². The van der Waals surface area contributed by atoms with Crippen molar-refractivity contribution in [1.82, 2.24) is 10.2 Å². The number of carbonyl (C=O) groups excluding carboxylic acids is 2. The molecule has 0 saturated carbocycles. The molecule has 146 valence electrons. The molecule has 0 aromatic heterocycles. The van der Waals surface area contributed by atoms with Gasteiger partial charge in [-0.25, -0.2) is 9.18 Å². The lowest BCUT2D eigenvalue weighted by Crippen LogP contribution is -2.25. The van der Waals surface area contributed by atoms with Gasteiger partial charge in [0.15, 0.2) is 11.5 Å². The number of halogens is 2. The van der Waals surface area contributed by atoms with Crippen molar-refractivity contribution in [2.45, 2.75) is 13.5 Å². The van der Waals surface area contributed by atoms with Crippen molar-refractivity contribution in [3.8, 4) is 11.5 Å². The number of amides is 3. The highest BCUT2D eigenvalue weighted by Gasteiger charge is 2.30. The Kier molecular flexibility index (Phi) is 5.99. The van der Waals surface area contributed by atoms with Gasteiger partial charge in [0.25, 0.3) is 5.91 Å². The molecule has 8 heteroatoms. The Labute approximate surface area is 170 Å². The number of carbonyl (C=O) groups is 2. The topological polar surface area (TPSA) is 67.9 Å². The average molecular weight is 449 g/mol. The van der Waals surface area contributed by atoms with Crippen LogP contribution >= 0.6 is 15.9 Å². The van der Waals surface area contributed by atoms with Crippen molar-refractivity contribution < 1.29 is 23.5 Å². The van der Waals surface area contributed by atoms with Crippen molar-refractivity contribution >= 4 is 33.9 Å². The first-order valence-corrected chi connectivity index (χ1v) is 9.32. The Bertz CT molecular complexity index is 961. The van der Waals surface area contributed by atoms with Crippen LogP contribution in [0.25, 0.3) is 6.08 Å². The van der Waals surface area contributed by atoms with Crippen molar-refractivity contribution in [2.24, 2.45) is 0 Å². The summed E-state index contributed by atoms with van der Waals surface area (Å²) in [6.07, 6.45) is 1.56. The summed E-state index contributed by atoms with van der Waals surface area (Å²) in [7, 11) is 1.41. The van der Waals surface area contributed by atoms with Crippen LogP contribution in [0.15, 0.2) is 46.6 Å². The molecule has 0 aliphatic carbocycles. The predicted molar refractivity (Wildman–Crippen MR) is 105 cm³/mol. The molecule has 0 spiro atoms. The van der Waals surface area contributed by atoms with Gasteiger partial charge < -0.3 is 14.8 Å². The third-order valence-corrected chi connectivity index (χ3v) is 4.71. The number of urea groups is 1. The second-order valence-electron chi connectivity index (χ2n) is 6.02. The average Bonchev–Trinajstić information content (AvgIpc) is 2.90. The molecule has 0 unspecified atom stereocenters. The monoisotopic (exact) mass is 448 g/mol. The molecule has 1 heterocycles. The highest BCUT2D eigenvalue weighted by molar-refractivity contribution is 9.10. The molecule has 2 aromatic carbocycles. The van der Waals surface area contributed by atoms with E-state index in [4.69, 9.17) is 9.47 Å². The van der Waals surface area contributed by atoms with E-state index in [1.54, 1.807) is 30.3 Å². The Morgan fingerprint density at radius 3 is 2.57 bits per heavy atom. The number of rotatable bonds is 6. The summed E-state index contributed by atoms with van der Waals surface area (Å²) >= 11 is 3.45. The van der Waals surface area contributed by atoms with E-state index in [0.29, 0.717) is 33.7 Å². The molecular weight excluding hydrogens is 431 g/mol. The van der Waals surface area contributed by atoms with Crippen LogP contribution < -0.4 is 14.8 Å². The molecule has 6 nitrogen and oxygen atoms in total. The number of nitrogens with zero attached hydrogens (tertiary/aromatic N) is 1. The largest absolute Gasteiger partial charge is 0.490 e. The van der Waals surface area contributed by atoms with Crippen LogP contribution in [0.2, 0.25) is 0 Å². The molecule has 1 saturated heterocycles. The Morgan fingerprint density at radius 1 is 1.18 bits per heavy atom. The maximum atomic E-state index is 13.3. The number of benzene rings is 2. The molecule has 0 radical (unpaired) electrons. The van der Waals surface area contributed by atoms with Gasteiger partial charge in [-0.15, -0.1) is 0 Å². The van der Waals surface area contributed by atoms with Gasteiger partial charge in [-0.3, -0.25) is 9.69 Å². The van der Waals surface area contributed by atoms with E-state index in [1.165, 1.54) is 19.2 Å². The summed E-state index contributed by atoms with van der Waals surface area (Å²) < 4.78 is 25.4. The maximum absolute atomic E-state index is 13.3. The van der Waals surface area contributed by atoms with Crippen molar-refractivity contribution in [3.63, 3.8) is 0 Å². The molecule has 0 atom stereocenters. The second kappa shape index (κ2) is 8.43. The van der Waals surface area contributed by atoms with Crippen LogP contribution in [0.3, 0.4) is 0 Å². The number of hydrogen-bond donors (Lipinski definition) is 1. The summed E-state index contributed by atoms with van der Waals surface area (Å²) in [4.78, 5) is 24.7. The zero-order valence-corrected chi connectivity index (χ0v) is 16.9. The summed E-state index contributed by atoms with van der Waals surface area (Å²) in [5.74, 6) is 0.196. The fraction of sp³-hybridized carbons (Fsp3) is 0.200. The predicted octanol–water partition coefficient (Wildman–Crippen LogP) is 4.09. The Morgan fingerprint density at radius 2 is 1.93 bits per heavy atom. The van der Waals surface area contributed by atoms with Crippen LogP contribution in [0.4, 0.5) is 9.18 Å². The second-order valence-corrected chi connectivity index (χ2v) is 6.88. The van der Waals surface area contributed by atoms with Gasteiger partial charge >= 0.3 is 6.03 Å². The highest BCUT2D eigenvalue weighted by atomic mass is 79.9. The lowest BCUT2D eigenvalue weighted by molar-refractivity contribution is -0.121. The van der Waals surface area contributed by atoms with E-state index >= 15 is 0 Å². The first-order chi connectivity index (χ1) is 13.4. The Balaban J connectivity index is 1.87. The molecule has 28 heavy (non-hydrogen) atoms. The first-order valence-electron chi connectivity index (χ1n) is 8.53. The number of imide groups is 1. The lowest BCUT2D eigenvalue weighted by atomic mass is 10.1. The van der Waals surface area contributed by atoms with Crippen LogP contribution in [0.5, 0.6) is 11.5 Å². The molecule has 0 bridgehead atoms. The van der Waals surface area contributed by atoms with E-state index in [-0.39, 0.29) is 18.1 Å². The third-order valence-electron chi connectivity index (χ3n) is 4.03. The van der Waals surface area contributed by atoms with E-state index in [0.717, 1.165) is 4.90 Å². The first kappa shape index (κ1) is 19.9. The third kappa shape index (κ3) is 4.33. The standard InChI is InChI=1S/C20H18BrFN2O4/c1-3-27-17-9-13(8-16-19(25)24(2)20(26)23-16)15(21)10-18(17)28-11-12-5-4-6-14(22)7-12/h4-10H,3,11H2,1-2H3,(H,23,26)/b16-8+.